The van der Waals surface area contributed by atoms with Crippen molar-refractivity contribution in [2.75, 3.05) is 6.61 Å². The maximum Gasteiger partial charge on any atom is 0.0483 e. The van der Waals surface area contributed by atoms with E-state index in [0.717, 1.165) is 19.4 Å². The van der Waals surface area contributed by atoms with Gasteiger partial charge in [0, 0.05) is 30.3 Å². The van der Waals surface area contributed by atoms with Gasteiger partial charge in [-0.15, -0.1) is 0 Å². The van der Waals surface area contributed by atoms with Crippen LogP contribution in [0.5, 0.6) is 0 Å². The van der Waals surface area contributed by atoms with Crippen LogP contribution < -0.4 is 0 Å². The largest absolute Gasteiger partial charge is 0.396 e. The molecule has 0 unspecified atom stereocenters. The van der Waals surface area contributed by atoms with Gasteiger partial charge in [0.05, 0.1) is 0 Å². The third-order valence-corrected chi connectivity index (χ3v) is 2.75. The molecule has 2 aromatic rings. The summed E-state index contributed by atoms with van der Waals surface area (Å²) in [6, 6.07) is 8.45. The van der Waals surface area contributed by atoms with Crippen LogP contribution in [0.4, 0.5) is 0 Å². The Morgan fingerprint density at radius 3 is 2.87 bits per heavy atom. The first-order valence-corrected chi connectivity index (χ1v) is 5.54. The highest BCUT2D eigenvalue weighted by Gasteiger charge is 2.03. The van der Waals surface area contributed by atoms with E-state index in [4.69, 9.17) is 5.11 Å². The van der Waals surface area contributed by atoms with Crippen molar-refractivity contribution in [3.05, 3.63) is 36.0 Å². The van der Waals surface area contributed by atoms with E-state index in [1.54, 1.807) is 0 Å². The zero-order valence-electron chi connectivity index (χ0n) is 9.11. The molecule has 0 radical (unpaired) electrons. The van der Waals surface area contributed by atoms with E-state index in [0.29, 0.717) is 0 Å². The molecule has 0 aliphatic heterocycles. The van der Waals surface area contributed by atoms with Crippen LogP contribution in [0, 0.1) is 0 Å². The lowest BCUT2D eigenvalue weighted by Gasteiger charge is -2.04. The predicted octanol–water partition coefficient (Wildman–Crippen LogP) is 2.59. The minimum atomic E-state index is 0.220. The van der Waals surface area contributed by atoms with Crippen molar-refractivity contribution < 1.29 is 5.11 Å². The van der Waals surface area contributed by atoms with E-state index in [1.165, 1.54) is 16.5 Å². The van der Waals surface area contributed by atoms with Gasteiger partial charge in [0.2, 0.25) is 0 Å². The second-order valence-corrected chi connectivity index (χ2v) is 3.83. The topological polar surface area (TPSA) is 25.2 Å². The number of aliphatic hydroxyl groups excluding tert-OH is 1. The van der Waals surface area contributed by atoms with Crippen LogP contribution in [0.25, 0.3) is 10.9 Å². The number of aryl methyl sites for hydroxylation is 1. The first kappa shape index (κ1) is 10.2. The predicted molar refractivity (Wildman–Crippen MR) is 63.0 cm³/mol. The number of hydrogen-bond acceptors (Lipinski definition) is 1. The van der Waals surface area contributed by atoms with Crippen LogP contribution in [0.3, 0.4) is 0 Å². The first-order valence-electron chi connectivity index (χ1n) is 5.54. The highest BCUT2D eigenvalue weighted by molar-refractivity contribution is 5.83. The van der Waals surface area contributed by atoms with Gasteiger partial charge in [-0.1, -0.05) is 19.1 Å². The summed E-state index contributed by atoms with van der Waals surface area (Å²) in [6.07, 6.45) is 4.02. The minimum Gasteiger partial charge on any atom is -0.396 e. The van der Waals surface area contributed by atoms with E-state index in [9.17, 15) is 0 Å². The van der Waals surface area contributed by atoms with Gasteiger partial charge in [0.25, 0.3) is 0 Å². The molecule has 2 nitrogen and oxygen atoms in total. The van der Waals surface area contributed by atoms with E-state index >= 15 is 0 Å². The van der Waals surface area contributed by atoms with Crippen molar-refractivity contribution in [3.8, 4) is 0 Å². The van der Waals surface area contributed by atoms with Crippen LogP contribution in [0.15, 0.2) is 30.5 Å². The average molecular weight is 203 g/mol. The van der Waals surface area contributed by atoms with Crippen molar-refractivity contribution in [1.29, 1.82) is 0 Å². The molecule has 1 heterocycles. The monoisotopic (exact) mass is 203 g/mol. The Morgan fingerprint density at radius 1 is 1.27 bits per heavy atom. The van der Waals surface area contributed by atoms with Gasteiger partial charge in [-0.25, -0.2) is 0 Å². The number of aliphatic hydroxyl groups is 1. The lowest BCUT2D eigenvalue weighted by molar-refractivity contribution is 0.300. The molecular formula is C13H17NO. The average Bonchev–Trinajstić information content (AvgIpc) is 2.64. The quantitative estimate of drug-likeness (QED) is 0.811. The highest BCUT2D eigenvalue weighted by Crippen LogP contribution is 2.20. The summed E-state index contributed by atoms with van der Waals surface area (Å²) < 4.78 is 2.27. The molecule has 0 bridgehead atoms. The second kappa shape index (κ2) is 4.49. The molecule has 0 spiro atoms. The van der Waals surface area contributed by atoms with E-state index in [1.807, 2.05) is 0 Å². The molecule has 15 heavy (non-hydrogen) atoms. The SMILES string of the molecule is CCCn1ccc2c(CCO)cccc21. The van der Waals surface area contributed by atoms with Gasteiger partial charge >= 0.3 is 0 Å². The normalized spacial score (nSPS) is 11.1. The number of hydrogen-bond donors (Lipinski definition) is 1. The molecule has 0 saturated heterocycles. The van der Waals surface area contributed by atoms with Crippen molar-refractivity contribution >= 4 is 10.9 Å². The van der Waals surface area contributed by atoms with Crippen LogP contribution >= 0.6 is 0 Å². The fourth-order valence-corrected chi connectivity index (χ4v) is 2.06. The molecule has 2 rings (SSSR count). The molecule has 0 aliphatic carbocycles. The summed E-state index contributed by atoms with van der Waals surface area (Å²) in [6.45, 7) is 3.47. The second-order valence-electron chi connectivity index (χ2n) is 3.83. The van der Waals surface area contributed by atoms with Crippen molar-refractivity contribution in [2.24, 2.45) is 0 Å². The molecule has 1 N–H and O–H groups in total. The molecule has 1 aromatic carbocycles. The molecule has 0 atom stereocenters. The number of nitrogens with zero attached hydrogens (tertiary/aromatic N) is 1. The fourth-order valence-electron chi connectivity index (χ4n) is 2.06. The Bertz CT molecular complexity index is 445. The summed E-state index contributed by atoms with van der Waals surface area (Å²) >= 11 is 0. The smallest absolute Gasteiger partial charge is 0.0483 e. The third kappa shape index (κ3) is 1.90. The van der Waals surface area contributed by atoms with Crippen LogP contribution in [0.1, 0.15) is 18.9 Å². The third-order valence-electron chi connectivity index (χ3n) is 2.75. The molecule has 0 aliphatic rings. The zero-order valence-corrected chi connectivity index (χ0v) is 9.11. The van der Waals surface area contributed by atoms with E-state index in [2.05, 4.69) is 42.0 Å². The lowest BCUT2D eigenvalue weighted by atomic mass is 10.1. The molecule has 80 valence electrons. The van der Waals surface area contributed by atoms with Gasteiger partial charge in [-0.2, -0.15) is 0 Å². The molecule has 0 saturated carbocycles. The number of fused-ring (bicyclic) bond motifs is 1. The first-order chi connectivity index (χ1) is 7.36. The summed E-state index contributed by atoms with van der Waals surface area (Å²) in [7, 11) is 0. The summed E-state index contributed by atoms with van der Waals surface area (Å²) in [4.78, 5) is 0. The van der Waals surface area contributed by atoms with Crippen molar-refractivity contribution in [1.82, 2.24) is 4.57 Å². The Morgan fingerprint density at radius 2 is 2.13 bits per heavy atom. The number of benzene rings is 1. The van der Waals surface area contributed by atoms with Crippen LogP contribution in [-0.2, 0) is 13.0 Å². The molecule has 2 heteroatoms. The molecule has 1 aromatic heterocycles. The van der Waals surface area contributed by atoms with Gasteiger partial charge in [0.1, 0.15) is 0 Å². The Kier molecular flexibility index (Phi) is 3.07. The van der Waals surface area contributed by atoms with Crippen LogP contribution in [-0.4, -0.2) is 16.3 Å². The Hall–Kier alpha value is -1.28. The Balaban J connectivity index is 2.48. The minimum absolute atomic E-state index is 0.220. The summed E-state index contributed by atoms with van der Waals surface area (Å²) in [5.41, 5.74) is 2.52. The summed E-state index contributed by atoms with van der Waals surface area (Å²) in [5.74, 6) is 0. The maximum absolute atomic E-state index is 8.98. The van der Waals surface area contributed by atoms with Gasteiger partial charge in [-0.3, -0.25) is 0 Å². The number of rotatable bonds is 4. The van der Waals surface area contributed by atoms with Gasteiger partial charge in [-0.05, 0) is 30.5 Å². The fraction of sp³-hybridized carbons (Fsp3) is 0.385. The standard InChI is InChI=1S/C13H17NO/c1-2-8-14-9-6-12-11(7-10-15)4-3-5-13(12)14/h3-6,9,15H,2,7-8,10H2,1H3. The van der Waals surface area contributed by atoms with Crippen molar-refractivity contribution in [3.63, 3.8) is 0 Å². The van der Waals surface area contributed by atoms with E-state index < -0.39 is 0 Å². The van der Waals surface area contributed by atoms with Gasteiger partial charge in [0.15, 0.2) is 0 Å². The molecular weight excluding hydrogens is 186 g/mol. The van der Waals surface area contributed by atoms with Crippen LogP contribution in [0.2, 0.25) is 0 Å². The highest BCUT2D eigenvalue weighted by atomic mass is 16.2. The molecule has 0 amide bonds. The lowest BCUT2D eigenvalue weighted by Crippen LogP contribution is -1.95. The molecule has 0 fully saturated rings. The zero-order chi connectivity index (χ0) is 10.7. The van der Waals surface area contributed by atoms with Gasteiger partial charge < -0.3 is 9.67 Å². The number of aromatic nitrogens is 1. The Labute approximate surface area is 90.2 Å². The maximum atomic E-state index is 8.98. The van der Waals surface area contributed by atoms with E-state index in [-0.39, 0.29) is 6.61 Å². The summed E-state index contributed by atoms with van der Waals surface area (Å²) in [5, 5.41) is 10.3. The van der Waals surface area contributed by atoms with Crippen molar-refractivity contribution in [2.45, 2.75) is 26.3 Å².